The van der Waals surface area contributed by atoms with E-state index in [2.05, 4.69) is 26.1 Å². The minimum Gasteiger partial charge on any atom is -0.479 e. The van der Waals surface area contributed by atoms with E-state index in [0.717, 1.165) is 4.47 Å². The molecule has 0 saturated carbocycles. The molecule has 3 rings (SSSR count). The summed E-state index contributed by atoms with van der Waals surface area (Å²) in [6.07, 6.45) is 5.34. The van der Waals surface area contributed by atoms with Crippen molar-refractivity contribution in [3.63, 3.8) is 0 Å². The zero-order valence-electron chi connectivity index (χ0n) is 11.2. The van der Waals surface area contributed by atoms with E-state index in [1.54, 1.807) is 29.0 Å². The quantitative estimate of drug-likeness (QED) is 0.839. The molecular weight excluding hydrogens is 326 g/mol. The van der Waals surface area contributed by atoms with E-state index in [1.807, 2.05) is 10.9 Å². The van der Waals surface area contributed by atoms with Gasteiger partial charge in [-0.05, 0) is 15.9 Å². The van der Waals surface area contributed by atoms with Crippen LogP contribution in [0.2, 0.25) is 0 Å². The molecule has 0 aromatic carbocycles. The third-order valence-electron chi connectivity index (χ3n) is 3.31. The third-order valence-corrected chi connectivity index (χ3v) is 3.72. The van der Waals surface area contributed by atoms with E-state index >= 15 is 0 Å². The largest absolute Gasteiger partial charge is 0.479 e. The van der Waals surface area contributed by atoms with Crippen molar-refractivity contribution in [1.82, 2.24) is 24.5 Å². The van der Waals surface area contributed by atoms with Crippen molar-refractivity contribution in [2.24, 2.45) is 7.05 Å². The second-order valence-corrected chi connectivity index (χ2v) is 5.64. The first-order valence-electron chi connectivity index (χ1n) is 6.15. The van der Waals surface area contributed by atoms with Gasteiger partial charge in [0.2, 0.25) is 5.88 Å². The average Bonchev–Trinajstić information content (AvgIpc) is 2.93. The van der Waals surface area contributed by atoms with E-state index in [0.29, 0.717) is 24.5 Å². The Labute approximate surface area is 124 Å². The lowest BCUT2D eigenvalue weighted by Gasteiger charge is -2.38. The zero-order chi connectivity index (χ0) is 14.3. The van der Waals surface area contributed by atoms with Crippen LogP contribution < -0.4 is 4.74 Å². The SMILES string of the molecule is COc1nn(C)cc1C(=O)N1CC(n2cc(Br)cn2)C1. The summed E-state index contributed by atoms with van der Waals surface area (Å²) in [4.78, 5) is 14.1. The summed E-state index contributed by atoms with van der Waals surface area (Å²) in [5, 5.41) is 8.33. The molecule has 2 aromatic heterocycles. The van der Waals surface area contributed by atoms with Crippen molar-refractivity contribution in [3.8, 4) is 5.88 Å². The lowest BCUT2D eigenvalue weighted by atomic mass is 10.1. The van der Waals surface area contributed by atoms with E-state index in [9.17, 15) is 4.79 Å². The smallest absolute Gasteiger partial charge is 0.261 e. The number of methoxy groups -OCH3 is 1. The molecule has 0 radical (unpaired) electrons. The van der Waals surface area contributed by atoms with Crippen LogP contribution in [-0.2, 0) is 7.05 Å². The molecular formula is C12H14BrN5O2. The average molecular weight is 340 g/mol. The van der Waals surface area contributed by atoms with Crippen molar-refractivity contribution in [2.75, 3.05) is 20.2 Å². The van der Waals surface area contributed by atoms with Crippen molar-refractivity contribution < 1.29 is 9.53 Å². The summed E-state index contributed by atoms with van der Waals surface area (Å²) in [6.45, 7) is 1.29. The van der Waals surface area contributed by atoms with Crippen LogP contribution in [0.15, 0.2) is 23.1 Å². The van der Waals surface area contributed by atoms with Crippen molar-refractivity contribution in [2.45, 2.75) is 6.04 Å². The first-order valence-corrected chi connectivity index (χ1v) is 6.94. The number of hydrogen-bond acceptors (Lipinski definition) is 4. The molecule has 0 atom stereocenters. The Morgan fingerprint density at radius 1 is 1.45 bits per heavy atom. The Kier molecular flexibility index (Phi) is 3.25. The lowest BCUT2D eigenvalue weighted by Crippen LogP contribution is -2.50. The van der Waals surface area contributed by atoms with Crippen LogP contribution in [-0.4, -0.2) is 50.6 Å². The molecule has 0 spiro atoms. The minimum atomic E-state index is -0.0579. The van der Waals surface area contributed by atoms with E-state index in [1.165, 1.54) is 7.11 Å². The molecule has 2 aromatic rings. The topological polar surface area (TPSA) is 65.2 Å². The molecule has 1 aliphatic rings. The first kappa shape index (κ1) is 13.2. The fourth-order valence-electron chi connectivity index (χ4n) is 2.24. The van der Waals surface area contributed by atoms with Gasteiger partial charge in [-0.15, -0.1) is 5.10 Å². The Bertz CT molecular complexity index is 644. The highest BCUT2D eigenvalue weighted by molar-refractivity contribution is 9.10. The minimum absolute atomic E-state index is 0.0579. The first-order chi connectivity index (χ1) is 9.58. The predicted octanol–water partition coefficient (Wildman–Crippen LogP) is 1.08. The third kappa shape index (κ3) is 2.20. The standard InChI is InChI=1S/C12H14BrN5O2/c1-16-7-10(11(15-16)20-2)12(19)17-5-9(6-17)18-4-8(13)3-14-18/h3-4,7,9H,5-6H2,1-2H3. The zero-order valence-corrected chi connectivity index (χ0v) is 12.7. The normalized spacial score (nSPS) is 15.2. The summed E-state index contributed by atoms with van der Waals surface area (Å²) in [7, 11) is 3.28. The van der Waals surface area contributed by atoms with Crippen molar-refractivity contribution in [3.05, 3.63) is 28.6 Å². The summed E-state index contributed by atoms with van der Waals surface area (Å²) < 4.78 is 9.51. The van der Waals surface area contributed by atoms with E-state index < -0.39 is 0 Å². The van der Waals surface area contributed by atoms with Crippen LogP contribution in [0.5, 0.6) is 5.88 Å². The van der Waals surface area contributed by atoms with Gasteiger partial charge in [-0.1, -0.05) is 0 Å². The van der Waals surface area contributed by atoms with E-state index in [-0.39, 0.29) is 11.9 Å². The van der Waals surface area contributed by atoms with Crippen LogP contribution in [0.25, 0.3) is 0 Å². The maximum atomic E-state index is 12.4. The fraction of sp³-hybridized carbons (Fsp3) is 0.417. The molecule has 0 aliphatic carbocycles. The second-order valence-electron chi connectivity index (χ2n) is 4.73. The van der Waals surface area contributed by atoms with Gasteiger partial charge in [0.1, 0.15) is 5.56 Å². The maximum absolute atomic E-state index is 12.4. The second kappa shape index (κ2) is 4.93. The molecule has 1 aliphatic heterocycles. The van der Waals surface area contributed by atoms with Gasteiger partial charge in [0.15, 0.2) is 0 Å². The van der Waals surface area contributed by atoms with Gasteiger partial charge in [-0.3, -0.25) is 14.2 Å². The number of nitrogens with zero attached hydrogens (tertiary/aromatic N) is 5. The lowest BCUT2D eigenvalue weighted by molar-refractivity contribution is 0.0498. The van der Waals surface area contributed by atoms with Crippen molar-refractivity contribution >= 4 is 21.8 Å². The highest BCUT2D eigenvalue weighted by atomic mass is 79.9. The number of hydrogen-bond donors (Lipinski definition) is 0. The monoisotopic (exact) mass is 339 g/mol. The molecule has 3 heterocycles. The highest BCUT2D eigenvalue weighted by Gasteiger charge is 2.34. The molecule has 1 saturated heterocycles. The number of ether oxygens (including phenoxy) is 1. The Balaban J connectivity index is 1.68. The highest BCUT2D eigenvalue weighted by Crippen LogP contribution is 2.26. The number of likely N-dealkylation sites (tertiary alicyclic amines) is 1. The number of rotatable bonds is 3. The Morgan fingerprint density at radius 3 is 2.80 bits per heavy atom. The summed E-state index contributed by atoms with van der Waals surface area (Å²) in [6, 6.07) is 0.230. The van der Waals surface area contributed by atoms with Crippen LogP contribution in [0.1, 0.15) is 16.4 Å². The van der Waals surface area contributed by atoms with Gasteiger partial charge in [0.25, 0.3) is 5.91 Å². The number of carbonyl (C=O) groups excluding carboxylic acids is 1. The Morgan fingerprint density at radius 2 is 2.20 bits per heavy atom. The Hall–Kier alpha value is -1.83. The van der Waals surface area contributed by atoms with Gasteiger partial charge in [0.05, 0.1) is 23.8 Å². The van der Waals surface area contributed by atoms with Gasteiger partial charge in [-0.2, -0.15) is 5.10 Å². The van der Waals surface area contributed by atoms with Crippen LogP contribution in [0.3, 0.4) is 0 Å². The van der Waals surface area contributed by atoms with Gasteiger partial charge >= 0.3 is 0 Å². The van der Waals surface area contributed by atoms with E-state index in [4.69, 9.17) is 4.74 Å². The molecule has 106 valence electrons. The number of carbonyl (C=O) groups is 1. The maximum Gasteiger partial charge on any atom is 0.261 e. The summed E-state index contributed by atoms with van der Waals surface area (Å²) >= 11 is 3.36. The van der Waals surface area contributed by atoms with Crippen LogP contribution in [0, 0.1) is 0 Å². The van der Waals surface area contributed by atoms with Crippen LogP contribution in [0.4, 0.5) is 0 Å². The molecule has 7 nitrogen and oxygen atoms in total. The van der Waals surface area contributed by atoms with Gasteiger partial charge in [-0.25, -0.2) is 0 Å². The number of amides is 1. The molecule has 20 heavy (non-hydrogen) atoms. The predicted molar refractivity (Wildman–Crippen MR) is 74.6 cm³/mol. The summed E-state index contributed by atoms with van der Waals surface area (Å²) in [5.74, 6) is 0.306. The molecule has 8 heteroatoms. The molecule has 0 N–H and O–H groups in total. The number of aryl methyl sites for hydroxylation is 1. The molecule has 1 fully saturated rings. The van der Waals surface area contributed by atoms with Gasteiger partial charge < -0.3 is 9.64 Å². The van der Waals surface area contributed by atoms with Crippen molar-refractivity contribution in [1.29, 1.82) is 0 Å². The number of halogens is 1. The van der Waals surface area contributed by atoms with Crippen LogP contribution >= 0.6 is 15.9 Å². The summed E-state index contributed by atoms with van der Waals surface area (Å²) in [5.41, 5.74) is 0.495. The molecule has 1 amide bonds. The number of aromatic nitrogens is 4. The molecule has 0 unspecified atom stereocenters. The van der Waals surface area contributed by atoms with Gasteiger partial charge in [0, 0.05) is 32.5 Å². The fourth-order valence-corrected chi connectivity index (χ4v) is 2.54. The molecule has 0 bridgehead atoms.